The highest BCUT2D eigenvalue weighted by molar-refractivity contribution is 7.18. The summed E-state index contributed by atoms with van der Waals surface area (Å²) < 4.78 is 1.94. The highest BCUT2D eigenvalue weighted by Gasteiger charge is 2.24. The van der Waals surface area contributed by atoms with Crippen LogP contribution in [0, 0.1) is 0 Å². The van der Waals surface area contributed by atoms with Crippen molar-refractivity contribution < 1.29 is 0 Å². The van der Waals surface area contributed by atoms with Gasteiger partial charge in [0.2, 0.25) is 0 Å². The average Bonchev–Trinajstić information content (AvgIpc) is 3.13. The maximum absolute atomic E-state index is 13.8. The Labute approximate surface area is 174 Å². The molecule has 29 heavy (non-hydrogen) atoms. The molecule has 0 unspecified atom stereocenters. The maximum Gasteiger partial charge on any atom is 0.263 e. The molecule has 0 radical (unpaired) electrons. The Balaban J connectivity index is 1.73. The van der Waals surface area contributed by atoms with Crippen LogP contribution in [-0.2, 0) is 19.3 Å². The van der Waals surface area contributed by atoms with E-state index in [0.717, 1.165) is 47.3 Å². The Kier molecular flexibility index (Phi) is 4.80. The van der Waals surface area contributed by atoms with E-state index in [1.54, 1.807) is 11.3 Å². The highest BCUT2D eigenvalue weighted by Crippen LogP contribution is 2.35. The summed E-state index contributed by atoms with van der Waals surface area (Å²) in [6.07, 6.45) is 5.27. The third-order valence-corrected chi connectivity index (χ3v) is 7.05. The summed E-state index contributed by atoms with van der Waals surface area (Å²) in [4.78, 5) is 21.1. The van der Waals surface area contributed by atoms with E-state index in [4.69, 9.17) is 4.98 Å². The predicted octanol–water partition coefficient (Wildman–Crippen LogP) is 5.81. The molecular formula is C25H24N2OS. The van der Waals surface area contributed by atoms with Crippen LogP contribution in [0.2, 0.25) is 0 Å². The second-order valence-electron chi connectivity index (χ2n) is 7.91. The minimum Gasteiger partial charge on any atom is -0.289 e. The first kappa shape index (κ1) is 18.3. The van der Waals surface area contributed by atoms with Crippen molar-refractivity contribution in [3.63, 3.8) is 0 Å². The SMILES string of the molecule is C[C@H](Cc1ccccc1)n1c(-c2ccccc2)nc2sc3c(c2c1=O)CCCC3. The van der Waals surface area contributed by atoms with Crippen molar-refractivity contribution >= 4 is 21.6 Å². The third kappa shape index (κ3) is 3.32. The number of hydrogen-bond acceptors (Lipinski definition) is 3. The van der Waals surface area contributed by atoms with E-state index in [9.17, 15) is 4.79 Å². The fraction of sp³-hybridized carbons (Fsp3) is 0.280. The molecule has 4 heteroatoms. The van der Waals surface area contributed by atoms with Gasteiger partial charge in [0.1, 0.15) is 10.7 Å². The topological polar surface area (TPSA) is 34.9 Å². The van der Waals surface area contributed by atoms with Crippen molar-refractivity contribution in [1.29, 1.82) is 0 Å². The second-order valence-corrected chi connectivity index (χ2v) is 8.99. The quantitative estimate of drug-likeness (QED) is 0.433. The van der Waals surface area contributed by atoms with Crippen LogP contribution < -0.4 is 5.56 Å². The summed E-state index contributed by atoms with van der Waals surface area (Å²) in [6, 6.07) is 20.5. The lowest BCUT2D eigenvalue weighted by Gasteiger charge is -2.20. The van der Waals surface area contributed by atoms with E-state index in [2.05, 4.69) is 31.2 Å². The molecule has 0 aliphatic heterocycles. The number of fused-ring (bicyclic) bond motifs is 3. The maximum atomic E-state index is 13.8. The van der Waals surface area contributed by atoms with Crippen LogP contribution in [-0.4, -0.2) is 9.55 Å². The van der Waals surface area contributed by atoms with Crippen LogP contribution in [0.3, 0.4) is 0 Å². The highest BCUT2D eigenvalue weighted by atomic mass is 32.1. The van der Waals surface area contributed by atoms with Gasteiger partial charge in [-0.15, -0.1) is 11.3 Å². The molecule has 2 aromatic carbocycles. The summed E-state index contributed by atoms with van der Waals surface area (Å²) >= 11 is 1.72. The molecule has 3 nitrogen and oxygen atoms in total. The molecule has 2 heterocycles. The number of nitrogens with zero attached hydrogens (tertiary/aromatic N) is 2. The first-order chi connectivity index (χ1) is 14.2. The van der Waals surface area contributed by atoms with Gasteiger partial charge in [0.15, 0.2) is 0 Å². The lowest BCUT2D eigenvalue weighted by Crippen LogP contribution is -2.27. The summed E-state index contributed by atoms with van der Waals surface area (Å²) in [5, 5.41) is 0.865. The van der Waals surface area contributed by atoms with Crippen molar-refractivity contribution in [2.75, 3.05) is 0 Å². The lowest BCUT2D eigenvalue weighted by molar-refractivity contribution is 0.530. The van der Waals surface area contributed by atoms with Gasteiger partial charge in [-0.2, -0.15) is 0 Å². The van der Waals surface area contributed by atoms with Crippen molar-refractivity contribution in [1.82, 2.24) is 9.55 Å². The molecule has 0 saturated carbocycles. The largest absolute Gasteiger partial charge is 0.289 e. The van der Waals surface area contributed by atoms with E-state index in [1.165, 1.54) is 22.4 Å². The zero-order valence-corrected chi connectivity index (χ0v) is 17.4. The number of thiophene rings is 1. The molecule has 1 aliphatic rings. The van der Waals surface area contributed by atoms with Gasteiger partial charge in [-0.1, -0.05) is 60.7 Å². The van der Waals surface area contributed by atoms with Gasteiger partial charge in [0.25, 0.3) is 5.56 Å². The van der Waals surface area contributed by atoms with Crippen LogP contribution in [0.25, 0.3) is 21.6 Å². The lowest BCUT2D eigenvalue weighted by atomic mass is 9.97. The van der Waals surface area contributed by atoms with Crippen LogP contribution in [0.5, 0.6) is 0 Å². The monoisotopic (exact) mass is 400 g/mol. The van der Waals surface area contributed by atoms with Crippen molar-refractivity contribution in [2.45, 2.75) is 45.1 Å². The van der Waals surface area contributed by atoms with Crippen LogP contribution in [0.4, 0.5) is 0 Å². The van der Waals surface area contributed by atoms with Gasteiger partial charge < -0.3 is 0 Å². The average molecular weight is 401 g/mol. The van der Waals surface area contributed by atoms with E-state index >= 15 is 0 Å². The standard InChI is InChI=1S/C25H24N2OS/c1-17(16-18-10-4-2-5-11-18)27-23(19-12-6-3-7-13-19)26-24-22(25(27)28)20-14-8-9-15-21(20)29-24/h2-7,10-13,17H,8-9,14-16H2,1H3/t17-/m1/s1. The Morgan fingerprint density at radius 1 is 1.00 bits per heavy atom. The summed E-state index contributed by atoms with van der Waals surface area (Å²) in [5.74, 6) is 0.783. The normalized spacial score (nSPS) is 14.7. The first-order valence-corrected chi connectivity index (χ1v) is 11.2. The van der Waals surface area contributed by atoms with Gasteiger partial charge in [-0.05, 0) is 50.2 Å². The number of rotatable bonds is 4. The molecule has 0 spiro atoms. The van der Waals surface area contributed by atoms with Gasteiger partial charge in [-0.25, -0.2) is 4.98 Å². The van der Waals surface area contributed by atoms with E-state index in [0.29, 0.717) is 0 Å². The second kappa shape index (κ2) is 7.60. The van der Waals surface area contributed by atoms with E-state index in [1.807, 2.05) is 41.0 Å². The molecule has 0 N–H and O–H groups in total. The van der Waals surface area contributed by atoms with Gasteiger partial charge in [-0.3, -0.25) is 9.36 Å². The van der Waals surface area contributed by atoms with Gasteiger partial charge >= 0.3 is 0 Å². The molecule has 2 aromatic heterocycles. The third-order valence-electron chi connectivity index (χ3n) is 5.87. The number of aryl methyl sites for hydroxylation is 2. The number of hydrogen-bond donors (Lipinski definition) is 0. The van der Waals surface area contributed by atoms with Crippen molar-refractivity contribution in [2.24, 2.45) is 0 Å². The van der Waals surface area contributed by atoms with Crippen molar-refractivity contribution in [3.05, 3.63) is 87.0 Å². The molecule has 1 aliphatic carbocycles. The van der Waals surface area contributed by atoms with Gasteiger partial charge in [0.05, 0.1) is 5.39 Å². The van der Waals surface area contributed by atoms with Crippen molar-refractivity contribution in [3.8, 4) is 11.4 Å². The minimum atomic E-state index is 0.0242. The van der Waals surface area contributed by atoms with E-state index < -0.39 is 0 Å². The Bertz CT molecular complexity index is 1210. The zero-order valence-electron chi connectivity index (χ0n) is 16.6. The molecular weight excluding hydrogens is 376 g/mol. The summed E-state index contributed by atoms with van der Waals surface area (Å²) in [7, 11) is 0. The number of benzene rings is 2. The summed E-state index contributed by atoms with van der Waals surface area (Å²) in [6.45, 7) is 2.13. The molecule has 0 bridgehead atoms. The molecule has 0 amide bonds. The van der Waals surface area contributed by atoms with Gasteiger partial charge in [0, 0.05) is 16.5 Å². The molecule has 4 aromatic rings. The molecule has 5 rings (SSSR count). The molecule has 0 fully saturated rings. The minimum absolute atomic E-state index is 0.0242. The van der Waals surface area contributed by atoms with Crippen LogP contribution in [0.15, 0.2) is 65.5 Å². The van der Waals surface area contributed by atoms with E-state index in [-0.39, 0.29) is 11.6 Å². The zero-order chi connectivity index (χ0) is 19.8. The molecule has 146 valence electrons. The van der Waals surface area contributed by atoms with Crippen LogP contribution >= 0.6 is 11.3 Å². The smallest absolute Gasteiger partial charge is 0.263 e. The fourth-order valence-electron chi connectivity index (χ4n) is 4.46. The fourth-order valence-corrected chi connectivity index (χ4v) is 5.72. The Morgan fingerprint density at radius 2 is 1.69 bits per heavy atom. The summed E-state index contributed by atoms with van der Waals surface area (Å²) in [5.41, 5.74) is 3.61. The van der Waals surface area contributed by atoms with Crippen LogP contribution in [0.1, 0.15) is 41.8 Å². The molecule has 0 saturated heterocycles. The molecule has 1 atom stereocenters. The number of aromatic nitrogens is 2. The Hall–Kier alpha value is -2.72. The first-order valence-electron chi connectivity index (χ1n) is 10.4. The Morgan fingerprint density at radius 3 is 2.45 bits per heavy atom. The predicted molar refractivity (Wildman–Crippen MR) is 121 cm³/mol.